The molecule has 1 aliphatic rings. The van der Waals surface area contributed by atoms with Gasteiger partial charge in [0, 0.05) is 13.2 Å². The fraction of sp³-hybridized carbons (Fsp3) is 1.00. The number of nitrogens with one attached hydrogen (secondary N) is 1. The Labute approximate surface area is 108 Å². The maximum absolute atomic E-state index is 5.48. The van der Waals surface area contributed by atoms with Crippen molar-refractivity contribution in [1.29, 1.82) is 0 Å². The summed E-state index contributed by atoms with van der Waals surface area (Å²) in [6, 6.07) is 0.746. The molecule has 0 bridgehead atoms. The predicted molar refractivity (Wildman–Crippen MR) is 74.4 cm³/mol. The van der Waals surface area contributed by atoms with E-state index in [1.807, 2.05) is 7.11 Å². The van der Waals surface area contributed by atoms with Crippen molar-refractivity contribution in [3.8, 4) is 0 Å². The minimum Gasteiger partial charge on any atom is -0.379 e. The van der Waals surface area contributed by atoms with Crippen LogP contribution >= 0.6 is 0 Å². The lowest BCUT2D eigenvalue weighted by Gasteiger charge is -2.27. The van der Waals surface area contributed by atoms with Gasteiger partial charge in [0.05, 0.1) is 5.60 Å². The first-order valence-electron chi connectivity index (χ1n) is 7.37. The molecule has 2 heteroatoms. The second-order valence-corrected chi connectivity index (χ2v) is 6.06. The summed E-state index contributed by atoms with van der Waals surface area (Å²) in [6.07, 6.45) is 9.50. The number of hydrogen-bond donors (Lipinski definition) is 1. The molecule has 0 aromatic carbocycles. The van der Waals surface area contributed by atoms with Crippen LogP contribution in [0.2, 0.25) is 0 Å². The SMILES string of the molecule is CCNC(CCCC(C)(C)OC)C1CCCC1. The maximum atomic E-state index is 5.48. The first kappa shape index (κ1) is 15.0. The second kappa shape index (κ2) is 7.38. The van der Waals surface area contributed by atoms with Crippen molar-refractivity contribution in [2.75, 3.05) is 13.7 Å². The Hall–Kier alpha value is -0.0800. The zero-order valence-electron chi connectivity index (χ0n) is 12.2. The highest BCUT2D eigenvalue weighted by atomic mass is 16.5. The van der Waals surface area contributed by atoms with E-state index < -0.39 is 0 Å². The molecule has 0 amide bonds. The van der Waals surface area contributed by atoms with Crippen molar-refractivity contribution in [2.24, 2.45) is 5.92 Å². The van der Waals surface area contributed by atoms with Crippen LogP contribution in [0.25, 0.3) is 0 Å². The minimum absolute atomic E-state index is 0.0481. The lowest BCUT2D eigenvalue weighted by Crippen LogP contribution is -2.35. The molecule has 0 heterocycles. The molecule has 0 spiro atoms. The predicted octanol–water partition coefficient (Wildman–Crippen LogP) is 3.75. The highest BCUT2D eigenvalue weighted by Gasteiger charge is 2.25. The van der Waals surface area contributed by atoms with Gasteiger partial charge in [0.15, 0.2) is 0 Å². The average Bonchev–Trinajstić information content (AvgIpc) is 2.81. The molecule has 1 fully saturated rings. The molecule has 1 N–H and O–H groups in total. The molecular formula is C15H31NO. The van der Waals surface area contributed by atoms with Crippen LogP contribution in [0.15, 0.2) is 0 Å². The zero-order valence-corrected chi connectivity index (χ0v) is 12.2. The number of methoxy groups -OCH3 is 1. The molecule has 102 valence electrons. The normalized spacial score (nSPS) is 19.8. The van der Waals surface area contributed by atoms with Gasteiger partial charge in [0.2, 0.25) is 0 Å². The van der Waals surface area contributed by atoms with Gasteiger partial charge >= 0.3 is 0 Å². The topological polar surface area (TPSA) is 21.3 Å². The summed E-state index contributed by atoms with van der Waals surface area (Å²) in [7, 11) is 1.82. The number of hydrogen-bond acceptors (Lipinski definition) is 2. The van der Waals surface area contributed by atoms with E-state index in [9.17, 15) is 0 Å². The van der Waals surface area contributed by atoms with Gasteiger partial charge in [-0.05, 0) is 58.4 Å². The highest BCUT2D eigenvalue weighted by molar-refractivity contribution is 4.81. The summed E-state index contributed by atoms with van der Waals surface area (Å²) >= 11 is 0. The Kier molecular flexibility index (Phi) is 6.50. The molecular weight excluding hydrogens is 210 g/mol. The van der Waals surface area contributed by atoms with Crippen LogP contribution in [-0.2, 0) is 4.74 Å². The largest absolute Gasteiger partial charge is 0.379 e. The van der Waals surface area contributed by atoms with Crippen LogP contribution in [0.1, 0.15) is 65.7 Å². The molecule has 17 heavy (non-hydrogen) atoms. The molecule has 1 aliphatic carbocycles. The van der Waals surface area contributed by atoms with Crippen molar-refractivity contribution in [1.82, 2.24) is 5.32 Å². The van der Waals surface area contributed by atoms with Gasteiger partial charge in [-0.2, -0.15) is 0 Å². The zero-order chi connectivity index (χ0) is 12.7. The third kappa shape index (κ3) is 5.39. The van der Waals surface area contributed by atoms with E-state index in [0.29, 0.717) is 0 Å². The van der Waals surface area contributed by atoms with E-state index in [-0.39, 0.29) is 5.60 Å². The van der Waals surface area contributed by atoms with E-state index >= 15 is 0 Å². The first-order chi connectivity index (χ1) is 8.09. The lowest BCUT2D eigenvalue weighted by molar-refractivity contribution is 0.0126. The molecule has 1 unspecified atom stereocenters. The van der Waals surface area contributed by atoms with E-state index in [1.54, 1.807) is 0 Å². The van der Waals surface area contributed by atoms with Crippen molar-refractivity contribution in [3.63, 3.8) is 0 Å². The second-order valence-electron chi connectivity index (χ2n) is 6.06. The van der Waals surface area contributed by atoms with Gasteiger partial charge < -0.3 is 10.1 Å². The first-order valence-corrected chi connectivity index (χ1v) is 7.37. The quantitative estimate of drug-likeness (QED) is 0.699. The Morgan fingerprint density at radius 1 is 1.29 bits per heavy atom. The molecule has 0 saturated heterocycles. The summed E-state index contributed by atoms with van der Waals surface area (Å²) in [5.41, 5.74) is 0.0481. The summed E-state index contributed by atoms with van der Waals surface area (Å²) < 4.78 is 5.48. The molecule has 1 rings (SSSR count). The third-order valence-corrected chi connectivity index (χ3v) is 4.28. The lowest BCUT2D eigenvalue weighted by atomic mass is 9.91. The van der Waals surface area contributed by atoms with E-state index in [4.69, 9.17) is 4.74 Å². The molecule has 1 atom stereocenters. The van der Waals surface area contributed by atoms with Gasteiger partial charge in [-0.1, -0.05) is 19.8 Å². The molecule has 0 aliphatic heterocycles. The molecule has 1 saturated carbocycles. The summed E-state index contributed by atoms with van der Waals surface area (Å²) in [4.78, 5) is 0. The maximum Gasteiger partial charge on any atom is 0.0622 e. The molecule has 0 radical (unpaired) electrons. The highest BCUT2D eigenvalue weighted by Crippen LogP contribution is 2.30. The van der Waals surface area contributed by atoms with Crippen LogP contribution in [0.3, 0.4) is 0 Å². The van der Waals surface area contributed by atoms with E-state index in [2.05, 4.69) is 26.1 Å². The Morgan fingerprint density at radius 2 is 1.94 bits per heavy atom. The third-order valence-electron chi connectivity index (χ3n) is 4.28. The number of ether oxygens (including phenoxy) is 1. The van der Waals surface area contributed by atoms with Gasteiger partial charge in [0.1, 0.15) is 0 Å². The monoisotopic (exact) mass is 241 g/mol. The van der Waals surface area contributed by atoms with Crippen molar-refractivity contribution in [3.05, 3.63) is 0 Å². The van der Waals surface area contributed by atoms with Gasteiger partial charge in [-0.25, -0.2) is 0 Å². The summed E-state index contributed by atoms with van der Waals surface area (Å²) in [5.74, 6) is 0.931. The molecule has 0 aromatic rings. The van der Waals surface area contributed by atoms with E-state index in [0.717, 1.165) is 24.9 Å². The van der Waals surface area contributed by atoms with Crippen LogP contribution < -0.4 is 5.32 Å². The smallest absolute Gasteiger partial charge is 0.0622 e. The minimum atomic E-state index is 0.0481. The number of rotatable bonds is 8. The fourth-order valence-corrected chi connectivity index (χ4v) is 2.98. The standard InChI is InChI=1S/C15H31NO/c1-5-16-14(13-9-6-7-10-13)11-8-12-15(2,3)17-4/h13-14,16H,5-12H2,1-4H3. The van der Waals surface area contributed by atoms with Crippen LogP contribution in [0.5, 0.6) is 0 Å². The van der Waals surface area contributed by atoms with Crippen LogP contribution in [-0.4, -0.2) is 25.3 Å². The Balaban J connectivity index is 2.29. The van der Waals surface area contributed by atoms with E-state index in [1.165, 1.54) is 38.5 Å². The van der Waals surface area contributed by atoms with Gasteiger partial charge in [-0.15, -0.1) is 0 Å². The summed E-state index contributed by atoms with van der Waals surface area (Å²) in [5, 5.41) is 3.69. The fourth-order valence-electron chi connectivity index (χ4n) is 2.98. The van der Waals surface area contributed by atoms with Crippen LogP contribution in [0.4, 0.5) is 0 Å². The molecule has 0 aromatic heterocycles. The van der Waals surface area contributed by atoms with Gasteiger partial charge in [-0.3, -0.25) is 0 Å². The molecule has 2 nitrogen and oxygen atoms in total. The Bertz CT molecular complexity index is 197. The van der Waals surface area contributed by atoms with Crippen molar-refractivity contribution < 1.29 is 4.74 Å². The van der Waals surface area contributed by atoms with Crippen molar-refractivity contribution in [2.45, 2.75) is 77.4 Å². The average molecular weight is 241 g/mol. The Morgan fingerprint density at radius 3 is 2.47 bits per heavy atom. The van der Waals surface area contributed by atoms with Crippen LogP contribution in [0, 0.1) is 5.92 Å². The van der Waals surface area contributed by atoms with Gasteiger partial charge in [0.25, 0.3) is 0 Å². The van der Waals surface area contributed by atoms with Crippen molar-refractivity contribution >= 4 is 0 Å². The summed E-state index contributed by atoms with van der Waals surface area (Å²) in [6.45, 7) is 7.70.